The van der Waals surface area contributed by atoms with Crippen molar-refractivity contribution >= 4 is 116 Å². The van der Waals surface area contributed by atoms with Crippen molar-refractivity contribution in [2.45, 2.75) is 0 Å². The Labute approximate surface area is 236 Å². The second-order valence-corrected chi connectivity index (χ2v) is 14.6. The molecule has 0 aliphatic rings. The first-order valence-corrected chi connectivity index (χ1v) is 16.6. The van der Waals surface area contributed by atoms with E-state index in [-0.39, 0.29) is 13.5 Å². The van der Waals surface area contributed by atoms with Crippen LogP contribution in [0.4, 0.5) is 0 Å². The Morgan fingerprint density at radius 3 is 0.811 bits per heavy atom. The highest BCUT2D eigenvalue weighted by Crippen LogP contribution is 2.35. The Balaban J connectivity index is 0.000000133. The summed E-state index contributed by atoms with van der Waals surface area (Å²) in [6.45, 7) is 0. The lowest BCUT2D eigenvalue weighted by molar-refractivity contribution is 1.77. The smallest absolute Gasteiger partial charge is 0.0572 e. The molecule has 8 rings (SSSR count). The van der Waals surface area contributed by atoms with Gasteiger partial charge in [-0.2, -0.15) is 13.5 Å². The van der Waals surface area contributed by atoms with Crippen molar-refractivity contribution in [2.75, 3.05) is 0 Å². The van der Waals surface area contributed by atoms with Gasteiger partial charge in [0.15, 0.2) is 0 Å². The average molecular weight is 567 g/mol. The molecule has 0 atom stereocenters. The molecule has 1 heterocycles. The Morgan fingerprint density at radius 1 is 0.297 bits per heavy atom. The maximum atomic E-state index is 2.32. The number of fused-ring (bicyclic) bond motifs is 6. The van der Waals surface area contributed by atoms with Crippen LogP contribution in [0, 0.1) is 0 Å². The highest BCUT2D eigenvalue weighted by Gasteiger charge is 2.02. The highest BCUT2D eigenvalue weighted by atomic mass is 33.4. The molecule has 1 aromatic heterocycles. The van der Waals surface area contributed by atoms with Crippen LogP contribution in [0.25, 0.3) is 63.3 Å². The van der Waals surface area contributed by atoms with Crippen molar-refractivity contribution in [1.82, 2.24) is 0 Å². The van der Waals surface area contributed by atoms with E-state index in [1.165, 1.54) is 63.3 Å². The molecule has 0 aliphatic carbocycles. The van der Waals surface area contributed by atoms with Gasteiger partial charge >= 0.3 is 0 Å². The molecule has 5 heteroatoms. The van der Waals surface area contributed by atoms with Crippen LogP contribution in [0.3, 0.4) is 0 Å². The molecular weight excluding hydrogens is 545 g/mol. The number of benzene rings is 7. The van der Waals surface area contributed by atoms with Gasteiger partial charge in [0, 0.05) is 0 Å². The van der Waals surface area contributed by atoms with Gasteiger partial charge in [0.2, 0.25) is 0 Å². The molecule has 0 aliphatic heterocycles. The highest BCUT2D eigenvalue weighted by molar-refractivity contribution is 8.09. The summed E-state index contributed by atoms with van der Waals surface area (Å²) in [6, 6.07) is 43.9. The average Bonchev–Trinajstić information content (AvgIpc) is 2.93. The molecule has 180 valence electrons. The number of rotatable bonds is 0. The van der Waals surface area contributed by atoms with Crippen LogP contribution in [0.15, 0.2) is 121 Å². The molecule has 0 saturated carbocycles. The van der Waals surface area contributed by atoms with Crippen LogP contribution in [-0.2, 0) is 0 Å². The van der Waals surface area contributed by atoms with Gasteiger partial charge in [-0.15, -0.1) is 0 Å². The van der Waals surface area contributed by atoms with Crippen LogP contribution in [-0.4, -0.2) is 0 Å². The lowest BCUT2D eigenvalue weighted by atomic mass is 10.00. The molecule has 0 spiro atoms. The Kier molecular flexibility index (Phi) is 6.89. The standard InChI is InChI=1S/C18H12.C14H8S4.H2S/c1-2-6-14-10-18-12-16-8-4-3-7-15(16)11-17(18)9-13(14)5-1;1-2-4-10-6-12-8-14-13(15-17-18-16-14)7-11(12)5-9(10)3-1;/h1-12H;1-8H;1H2. The zero-order valence-corrected chi connectivity index (χ0v) is 23.9. The topological polar surface area (TPSA) is 0 Å². The van der Waals surface area contributed by atoms with E-state index in [0.29, 0.717) is 0 Å². The summed E-state index contributed by atoms with van der Waals surface area (Å²) < 4.78 is 2.79. The minimum Gasteiger partial charge on any atom is -0.197 e. The second kappa shape index (κ2) is 10.4. The first-order valence-electron chi connectivity index (χ1n) is 11.8. The molecule has 0 saturated heterocycles. The third kappa shape index (κ3) is 4.86. The summed E-state index contributed by atoms with van der Waals surface area (Å²) in [6.07, 6.45) is 0. The monoisotopic (exact) mass is 566 g/mol. The van der Waals surface area contributed by atoms with Gasteiger partial charge in [0.1, 0.15) is 0 Å². The lowest BCUT2D eigenvalue weighted by Gasteiger charge is -2.04. The van der Waals surface area contributed by atoms with Crippen LogP contribution in [0.2, 0.25) is 0 Å². The van der Waals surface area contributed by atoms with Gasteiger partial charge in [0.05, 0.1) is 9.40 Å². The summed E-state index contributed by atoms with van der Waals surface area (Å²) in [5, 5.41) is 13.2. The fourth-order valence-electron chi connectivity index (χ4n) is 4.82. The summed E-state index contributed by atoms with van der Waals surface area (Å²) in [7, 11) is 7.43. The van der Waals surface area contributed by atoms with E-state index in [2.05, 4.69) is 121 Å². The van der Waals surface area contributed by atoms with Gasteiger partial charge in [0.25, 0.3) is 0 Å². The quantitative estimate of drug-likeness (QED) is 0.126. The summed E-state index contributed by atoms with van der Waals surface area (Å²) >= 11 is 0. The first kappa shape index (κ1) is 24.4. The van der Waals surface area contributed by atoms with Crippen molar-refractivity contribution in [1.29, 1.82) is 0 Å². The van der Waals surface area contributed by atoms with Crippen molar-refractivity contribution in [2.24, 2.45) is 0 Å². The van der Waals surface area contributed by atoms with Gasteiger partial charge in [-0.25, -0.2) is 0 Å². The van der Waals surface area contributed by atoms with Crippen LogP contribution in [0.5, 0.6) is 0 Å². The zero-order chi connectivity index (χ0) is 23.9. The van der Waals surface area contributed by atoms with Crippen molar-refractivity contribution in [3.63, 3.8) is 0 Å². The van der Waals surface area contributed by atoms with Gasteiger partial charge < -0.3 is 0 Å². The molecule has 0 nitrogen and oxygen atoms in total. The maximum absolute atomic E-state index is 2.32. The van der Waals surface area contributed by atoms with Crippen LogP contribution < -0.4 is 0 Å². The van der Waals surface area contributed by atoms with Gasteiger partial charge in [-0.1, -0.05) is 93.5 Å². The molecule has 0 radical (unpaired) electrons. The fourth-order valence-corrected chi connectivity index (χ4v) is 11.0. The predicted octanol–water partition coefficient (Wildman–Crippen LogP) is 11.8. The van der Waals surface area contributed by atoms with E-state index in [0.717, 1.165) is 0 Å². The van der Waals surface area contributed by atoms with Crippen LogP contribution >= 0.6 is 52.9 Å². The van der Waals surface area contributed by atoms with Crippen molar-refractivity contribution in [3.8, 4) is 0 Å². The van der Waals surface area contributed by atoms with E-state index >= 15 is 0 Å². The number of hydrogen-bond acceptors (Lipinski definition) is 4. The fraction of sp³-hybridized carbons (Fsp3) is 0. The molecule has 0 bridgehead atoms. The minimum absolute atomic E-state index is 0. The Morgan fingerprint density at radius 2 is 0.541 bits per heavy atom. The molecule has 0 unspecified atom stereocenters. The van der Waals surface area contributed by atoms with E-state index < -0.39 is 0 Å². The van der Waals surface area contributed by atoms with E-state index in [4.69, 9.17) is 0 Å². The Bertz CT molecular complexity index is 1630. The largest absolute Gasteiger partial charge is 0.197 e. The minimum atomic E-state index is 0. The third-order valence-corrected chi connectivity index (χ3v) is 12.8. The second-order valence-electron chi connectivity index (χ2n) is 8.89. The summed E-state index contributed by atoms with van der Waals surface area (Å²) in [5.41, 5.74) is 0. The first-order chi connectivity index (χ1) is 17.8. The van der Waals surface area contributed by atoms with Crippen molar-refractivity contribution < 1.29 is 0 Å². The maximum Gasteiger partial charge on any atom is 0.0572 e. The van der Waals surface area contributed by atoms with Gasteiger partial charge in [-0.05, 0) is 121 Å². The molecule has 0 amide bonds. The normalized spacial score (nSPS) is 11.0. The summed E-state index contributed by atoms with van der Waals surface area (Å²) in [4.78, 5) is 0. The van der Waals surface area contributed by atoms with Gasteiger partial charge in [-0.3, -0.25) is 0 Å². The molecule has 7 aromatic carbocycles. The third-order valence-electron chi connectivity index (χ3n) is 6.61. The van der Waals surface area contributed by atoms with Crippen molar-refractivity contribution in [3.05, 3.63) is 121 Å². The molecule has 0 fully saturated rings. The Hall–Kier alpha value is -2.93. The zero-order valence-electron chi connectivity index (χ0n) is 19.7. The molecule has 37 heavy (non-hydrogen) atoms. The SMILES string of the molecule is S.c1ccc2cc3cc4ccccc4cc3cc2c1.c1ccc2cc3cc4ssssc4cc3cc2c1. The molecule has 8 aromatic rings. The van der Waals surface area contributed by atoms with E-state index in [9.17, 15) is 0 Å². The lowest BCUT2D eigenvalue weighted by Crippen LogP contribution is -1.78. The summed E-state index contributed by atoms with van der Waals surface area (Å²) in [5.74, 6) is 0. The van der Waals surface area contributed by atoms with E-state index in [1.54, 1.807) is 0 Å². The molecular formula is C32H22S5. The number of hydrogen-bond donors (Lipinski definition) is 0. The van der Waals surface area contributed by atoms with Crippen LogP contribution in [0.1, 0.15) is 0 Å². The molecule has 0 N–H and O–H groups in total. The predicted molar refractivity (Wildman–Crippen MR) is 177 cm³/mol. The van der Waals surface area contributed by atoms with E-state index in [1.807, 2.05) is 39.4 Å².